The van der Waals surface area contributed by atoms with E-state index in [0.29, 0.717) is 19.6 Å². The van der Waals surface area contributed by atoms with E-state index < -0.39 is 10.0 Å². The van der Waals surface area contributed by atoms with Gasteiger partial charge in [0.1, 0.15) is 0 Å². The molecule has 0 fully saturated rings. The van der Waals surface area contributed by atoms with E-state index in [2.05, 4.69) is 5.32 Å². The molecular weight excluding hydrogens is 228 g/mol. The van der Waals surface area contributed by atoms with Gasteiger partial charge in [-0.3, -0.25) is 0 Å². The summed E-state index contributed by atoms with van der Waals surface area (Å²) in [6.07, 6.45) is 0.634. The molecule has 0 aromatic heterocycles. The van der Waals surface area contributed by atoms with Crippen LogP contribution in [-0.2, 0) is 14.8 Å². The molecule has 0 aromatic carbocycles. The van der Waals surface area contributed by atoms with Gasteiger partial charge < -0.3 is 10.1 Å². The highest BCUT2D eigenvalue weighted by Crippen LogP contribution is 2.08. The number of hydrogen-bond donors (Lipinski definition) is 1. The standard InChI is InChI=1S/C10H24N2O3S/c1-10(2)12(7-8-15-4)16(13,14)9-5-6-11-3/h10-11H,5-9H2,1-4H3. The van der Waals surface area contributed by atoms with Gasteiger partial charge in [-0.25, -0.2) is 8.42 Å². The molecule has 98 valence electrons. The zero-order valence-electron chi connectivity index (χ0n) is 10.7. The van der Waals surface area contributed by atoms with Gasteiger partial charge in [-0.15, -0.1) is 0 Å². The number of nitrogens with zero attached hydrogens (tertiary/aromatic N) is 1. The summed E-state index contributed by atoms with van der Waals surface area (Å²) in [5, 5.41) is 2.94. The summed E-state index contributed by atoms with van der Waals surface area (Å²) in [6, 6.07) is -0.0188. The maximum absolute atomic E-state index is 12.0. The van der Waals surface area contributed by atoms with Crippen LogP contribution in [0, 0.1) is 0 Å². The molecule has 1 N–H and O–H groups in total. The molecule has 0 atom stereocenters. The molecule has 0 spiro atoms. The van der Waals surface area contributed by atoms with Crippen molar-refractivity contribution in [3.05, 3.63) is 0 Å². The molecule has 0 aliphatic rings. The minimum atomic E-state index is -3.15. The maximum atomic E-state index is 12.0. The average molecular weight is 252 g/mol. The molecule has 0 unspecified atom stereocenters. The first-order valence-electron chi connectivity index (χ1n) is 5.58. The van der Waals surface area contributed by atoms with Crippen LogP contribution >= 0.6 is 0 Å². The highest BCUT2D eigenvalue weighted by molar-refractivity contribution is 7.89. The molecule has 16 heavy (non-hydrogen) atoms. The second kappa shape index (κ2) is 8.00. The van der Waals surface area contributed by atoms with Gasteiger partial charge in [0.15, 0.2) is 0 Å². The van der Waals surface area contributed by atoms with E-state index in [1.54, 1.807) is 7.11 Å². The number of sulfonamides is 1. The first-order valence-corrected chi connectivity index (χ1v) is 7.19. The van der Waals surface area contributed by atoms with E-state index in [9.17, 15) is 8.42 Å². The molecule has 0 saturated heterocycles. The summed E-state index contributed by atoms with van der Waals surface area (Å²) < 4.78 is 30.4. The Bertz CT molecular complexity index is 265. The van der Waals surface area contributed by atoms with Crippen molar-refractivity contribution in [3.8, 4) is 0 Å². The SMILES string of the molecule is CNCCCS(=O)(=O)N(CCOC)C(C)C. The fraction of sp³-hybridized carbons (Fsp3) is 1.00. The number of methoxy groups -OCH3 is 1. The summed E-state index contributed by atoms with van der Waals surface area (Å²) in [5.41, 5.74) is 0. The Labute approximate surface area is 99.2 Å². The summed E-state index contributed by atoms with van der Waals surface area (Å²) in [7, 11) is 0.240. The predicted molar refractivity (Wildman–Crippen MR) is 66.0 cm³/mol. The van der Waals surface area contributed by atoms with Crippen molar-refractivity contribution in [1.29, 1.82) is 0 Å². The smallest absolute Gasteiger partial charge is 0.214 e. The third kappa shape index (κ3) is 5.79. The van der Waals surface area contributed by atoms with Crippen LogP contribution in [0.25, 0.3) is 0 Å². The van der Waals surface area contributed by atoms with Gasteiger partial charge >= 0.3 is 0 Å². The molecule has 0 amide bonds. The fourth-order valence-corrected chi connectivity index (χ4v) is 3.19. The lowest BCUT2D eigenvalue weighted by Crippen LogP contribution is -2.40. The zero-order chi connectivity index (χ0) is 12.6. The van der Waals surface area contributed by atoms with Gasteiger partial charge in [-0.2, -0.15) is 4.31 Å². The van der Waals surface area contributed by atoms with Gasteiger partial charge in [0.05, 0.1) is 12.4 Å². The lowest BCUT2D eigenvalue weighted by molar-refractivity contribution is 0.171. The molecule has 0 heterocycles. The van der Waals surface area contributed by atoms with Crippen LogP contribution in [0.4, 0.5) is 0 Å². The van der Waals surface area contributed by atoms with Gasteiger partial charge in [0.2, 0.25) is 10.0 Å². The van der Waals surface area contributed by atoms with Crippen molar-refractivity contribution in [3.63, 3.8) is 0 Å². The second-order valence-corrected chi connectivity index (χ2v) is 6.01. The third-order valence-corrected chi connectivity index (χ3v) is 4.40. The Morgan fingerprint density at radius 2 is 2.00 bits per heavy atom. The molecule has 6 heteroatoms. The van der Waals surface area contributed by atoms with Crippen molar-refractivity contribution in [2.45, 2.75) is 26.3 Å². The monoisotopic (exact) mass is 252 g/mol. The van der Waals surface area contributed by atoms with Crippen LogP contribution in [0.1, 0.15) is 20.3 Å². The van der Waals surface area contributed by atoms with Crippen molar-refractivity contribution in [2.24, 2.45) is 0 Å². The maximum Gasteiger partial charge on any atom is 0.214 e. The minimum Gasteiger partial charge on any atom is -0.383 e. The summed E-state index contributed by atoms with van der Waals surface area (Å²) in [6.45, 7) is 5.34. The van der Waals surface area contributed by atoms with E-state index in [4.69, 9.17) is 4.74 Å². The molecule has 0 bridgehead atoms. The first-order chi connectivity index (χ1) is 7.45. The van der Waals surface area contributed by atoms with Crippen molar-refractivity contribution < 1.29 is 13.2 Å². The third-order valence-electron chi connectivity index (χ3n) is 2.28. The van der Waals surface area contributed by atoms with E-state index in [-0.39, 0.29) is 11.8 Å². The Morgan fingerprint density at radius 1 is 1.38 bits per heavy atom. The van der Waals surface area contributed by atoms with E-state index >= 15 is 0 Å². The lowest BCUT2D eigenvalue weighted by Gasteiger charge is -2.25. The predicted octanol–water partition coefficient (Wildman–Crippen LogP) is 0.283. The largest absolute Gasteiger partial charge is 0.383 e. The van der Waals surface area contributed by atoms with E-state index in [1.165, 1.54) is 4.31 Å². The van der Waals surface area contributed by atoms with E-state index in [0.717, 1.165) is 6.54 Å². The van der Waals surface area contributed by atoms with Crippen LogP contribution < -0.4 is 5.32 Å². The molecule has 5 nitrogen and oxygen atoms in total. The van der Waals surface area contributed by atoms with Crippen LogP contribution in [0.15, 0.2) is 0 Å². The van der Waals surface area contributed by atoms with Crippen LogP contribution in [0.5, 0.6) is 0 Å². The topological polar surface area (TPSA) is 58.6 Å². The number of hydrogen-bond acceptors (Lipinski definition) is 4. The lowest BCUT2D eigenvalue weighted by atomic mass is 10.4. The number of ether oxygens (including phenoxy) is 1. The summed E-state index contributed by atoms with van der Waals surface area (Å²) in [4.78, 5) is 0. The quantitative estimate of drug-likeness (QED) is 0.599. The Morgan fingerprint density at radius 3 is 2.44 bits per heavy atom. The molecule has 0 aliphatic carbocycles. The molecule has 0 aliphatic heterocycles. The second-order valence-electron chi connectivity index (χ2n) is 3.97. The average Bonchev–Trinajstić information content (AvgIpc) is 2.17. The number of nitrogens with one attached hydrogen (secondary N) is 1. The van der Waals surface area contributed by atoms with E-state index in [1.807, 2.05) is 20.9 Å². The molecule has 0 rings (SSSR count). The minimum absolute atomic E-state index is 0.0188. The highest BCUT2D eigenvalue weighted by atomic mass is 32.2. The summed E-state index contributed by atoms with van der Waals surface area (Å²) in [5.74, 6) is 0.190. The Balaban J connectivity index is 4.38. The highest BCUT2D eigenvalue weighted by Gasteiger charge is 2.23. The fourth-order valence-electron chi connectivity index (χ4n) is 1.45. The molecule has 0 saturated carbocycles. The van der Waals surface area contributed by atoms with Crippen LogP contribution in [0.3, 0.4) is 0 Å². The van der Waals surface area contributed by atoms with Crippen molar-refractivity contribution >= 4 is 10.0 Å². The van der Waals surface area contributed by atoms with Crippen LogP contribution in [-0.4, -0.2) is 58.4 Å². The summed E-state index contributed by atoms with van der Waals surface area (Å²) >= 11 is 0. The van der Waals surface area contributed by atoms with Gasteiger partial charge in [0, 0.05) is 19.7 Å². The number of rotatable bonds is 9. The zero-order valence-corrected chi connectivity index (χ0v) is 11.5. The molecule has 0 radical (unpaired) electrons. The first kappa shape index (κ1) is 15.8. The normalized spacial score (nSPS) is 12.6. The molecular formula is C10H24N2O3S. The van der Waals surface area contributed by atoms with Gasteiger partial charge in [0.25, 0.3) is 0 Å². The molecule has 0 aromatic rings. The Hall–Kier alpha value is -0.170. The van der Waals surface area contributed by atoms with Gasteiger partial charge in [-0.1, -0.05) is 0 Å². The Kier molecular flexibility index (Phi) is 7.91. The van der Waals surface area contributed by atoms with Crippen molar-refractivity contribution in [2.75, 3.05) is 39.6 Å². The van der Waals surface area contributed by atoms with Crippen LogP contribution in [0.2, 0.25) is 0 Å². The van der Waals surface area contributed by atoms with Gasteiger partial charge in [-0.05, 0) is 33.9 Å². The van der Waals surface area contributed by atoms with Crippen molar-refractivity contribution in [1.82, 2.24) is 9.62 Å².